The molecule has 1 saturated carbocycles. The number of carboxylic acids is 1. The molecule has 1 N–H and O–H groups in total. The van der Waals surface area contributed by atoms with Gasteiger partial charge in [0.05, 0.1) is 0 Å². The quantitative estimate of drug-likeness (QED) is 0.316. The summed E-state index contributed by atoms with van der Waals surface area (Å²) in [5.41, 5.74) is -1.92. The van der Waals surface area contributed by atoms with Crippen LogP contribution in [0.3, 0.4) is 0 Å². The number of carbonyl (C=O) groups excluding carboxylic acids is 1. The molecule has 0 spiro atoms. The first-order valence-corrected chi connectivity index (χ1v) is 10.2. The molecule has 0 heterocycles. The van der Waals surface area contributed by atoms with Gasteiger partial charge in [-0.15, -0.1) is 0 Å². The molecule has 0 aromatic carbocycles. The fraction of sp³-hybridized carbons (Fsp3) is 0.905. The van der Waals surface area contributed by atoms with Gasteiger partial charge >= 0.3 is 11.9 Å². The van der Waals surface area contributed by atoms with Crippen molar-refractivity contribution in [3.63, 3.8) is 0 Å². The summed E-state index contributed by atoms with van der Waals surface area (Å²) in [6.45, 7) is 10.5. The Bertz CT molecular complexity index is 425. The van der Waals surface area contributed by atoms with Crippen molar-refractivity contribution in [2.75, 3.05) is 0 Å². The SMILES string of the molecule is CCCCCCC(OC(=O)C1(C(=O)O)CCCCC1)(C(C)C)C(C)C. The van der Waals surface area contributed by atoms with Gasteiger partial charge in [-0.2, -0.15) is 0 Å². The van der Waals surface area contributed by atoms with Crippen LogP contribution in [-0.2, 0) is 14.3 Å². The fourth-order valence-electron chi connectivity index (χ4n) is 4.29. The van der Waals surface area contributed by atoms with E-state index in [1.807, 2.05) is 0 Å². The summed E-state index contributed by atoms with van der Waals surface area (Å²) < 4.78 is 6.13. The molecule has 0 aromatic rings. The van der Waals surface area contributed by atoms with E-state index in [9.17, 15) is 14.7 Å². The van der Waals surface area contributed by atoms with Crippen LogP contribution in [0.1, 0.15) is 98.8 Å². The molecular weight excluding hydrogens is 316 g/mol. The average Bonchev–Trinajstić information content (AvgIpc) is 2.57. The highest BCUT2D eigenvalue weighted by Crippen LogP contribution is 2.43. The van der Waals surface area contributed by atoms with Gasteiger partial charge in [0.25, 0.3) is 0 Å². The van der Waals surface area contributed by atoms with Gasteiger partial charge in [-0.05, 0) is 37.5 Å². The maximum absolute atomic E-state index is 13.1. The van der Waals surface area contributed by atoms with Crippen molar-refractivity contribution in [3.05, 3.63) is 0 Å². The Morgan fingerprint density at radius 1 is 1.00 bits per heavy atom. The first-order chi connectivity index (χ1) is 11.7. The normalized spacial score (nSPS) is 17.7. The van der Waals surface area contributed by atoms with Crippen molar-refractivity contribution >= 4 is 11.9 Å². The molecule has 1 aliphatic rings. The molecular formula is C21H38O4. The number of carboxylic acid groups (broad SMARTS) is 1. The Morgan fingerprint density at radius 3 is 2.00 bits per heavy atom. The van der Waals surface area contributed by atoms with Crippen molar-refractivity contribution < 1.29 is 19.4 Å². The number of hydrogen-bond donors (Lipinski definition) is 1. The van der Waals surface area contributed by atoms with Gasteiger partial charge in [0.2, 0.25) is 0 Å². The van der Waals surface area contributed by atoms with Crippen LogP contribution in [0.15, 0.2) is 0 Å². The lowest BCUT2D eigenvalue weighted by molar-refractivity contribution is -0.193. The molecule has 0 unspecified atom stereocenters. The third-order valence-corrected chi connectivity index (χ3v) is 6.17. The van der Waals surface area contributed by atoms with Crippen LogP contribution in [0.4, 0.5) is 0 Å². The van der Waals surface area contributed by atoms with Crippen LogP contribution in [0.2, 0.25) is 0 Å². The van der Waals surface area contributed by atoms with Crippen molar-refractivity contribution in [2.45, 2.75) is 104 Å². The predicted octanol–water partition coefficient (Wildman–Crippen LogP) is 5.59. The van der Waals surface area contributed by atoms with E-state index >= 15 is 0 Å². The van der Waals surface area contributed by atoms with Gasteiger partial charge in [-0.25, -0.2) is 0 Å². The van der Waals surface area contributed by atoms with Gasteiger partial charge in [0, 0.05) is 0 Å². The molecule has 4 nitrogen and oxygen atoms in total. The summed E-state index contributed by atoms with van der Waals surface area (Å²) in [7, 11) is 0. The molecule has 0 amide bonds. The van der Waals surface area contributed by atoms with E-state index in [1.165, 1.54) is 6.42 Å². The minimum atomic E-state index is -1.34. The molecule has 1 fully saturated rings. The Labute approximate surface area is 153 Å². The summed E-state index contributed by atoms with van der Waals surface area (Å²) in [5, 5.41) is 9.78. The molecule has 0 atom stereocenters. The summed E-state index contributed by atoms with van der Waals surface area (Å²) in [6, 6.07) is 0. The van der Waals surface area contributed by atoms with Crippen LogP contribution in [-0.4, -0.2) is 22.6 Å². The van der Waals surface area contributed by atoms with Crippen molar-refractivity contribution in [3.8, 4) is 0 Å². The highest BCUT2D eigenvalue weighted by atomic mass is 16.6. The number of esters is 1. The zero-order chi connectivity index (χ0) is 19.1. The van der Waals surface area contributed by atoms with Gasteiger partial charge in [-0.3, -0.25) is 9.59 Å². The molecule has 25 heavy (non-hydrogen) atoms. The van der Waals surface area contributed by atoms with E-state index in [-0.39, 0.29) is 11.8 Å². The van der Waals surface area contributed by atoms with Crippen LogP contribution >= 0.6 is 0 Å². The second kappa shape index (κ2) is 9.59. The van der Waals surface area contributed by atoms with Crippen LogP contribution in [0.5, 0.6) is 0 Å². The molecule has 0 aromatic heterocycles. The molecule has 0 saturated heterocycles. The Morgan fingerprint density at radius 2 is 1.56 bits per heavy atom. The Kier molecular flexibility index (Phi) is 8.43. The van der Waals surface area contributed by atoms with E-state index in [0.29, 0.717) is 12.8 Å². The lowest BCUT2D eigenvalue weighted by Gasteiger charge is -2.43. The minimum Gasteiger partial charge on any atom is -0.480 e. The highest BCUT2D eigenvalue weighted by molar-refractivity contribution is 5.99. The number of hydrogen-bond acceptors (Lipinski definition) is 3. The van der Waals surface area contributed by atoms with Gasteiger partial charge in [0.15, 0.2) is 5.41 Å². The zero-order valence-corrected chi connectivity index (χ0v) is 16.9. The maximum Gasteiger partial charge on any atom is 0.324 e. The van der Waals surface area contributed by atoms with Gasteiger partial charge in [0.1, 0.15) is 5.60 Å². The summed E-state index contributed by atoms with van der Waals surface area (Å²) in [4.78, 5) is 25.0. The van der Waals surface area contributed by atoms with Crippen molar-refractivity contribution in [1.29, 1.82) is 0 Å². The molecule has 1 aliphatic carbocycles. The lowest BCUT2D eigenvalue weighted by atomic mass is 9.72. The molecule has 4 heteroatoms. The zero-order valence-electron chi connectivity index (χ0n) is 16.9. The highest BCUT2D eigenvalue weighted by Gasteiger charge is 2.52. The van der Waals surface area contributed by atoms with E-state index in [2.05, 4.69) is 34.6 Å². The third-order valence-electron chi connectivity index (χ3n) is 6.17. The topological polar surface area (TPSA) is 63.6 Å². The van der Waals surface area contributed by atoms with Crippen LogP contribution in [0.25, 0.3) is 0 Å². The van der Waals surface area contributed by atoms with Crippen LogP contribution < -0.4 is 0 Å². The van der Waals surface area contributed by atoms with Gasteiger partial charge in [-0.1, -0.05) is 73.1 Å². The van der Waals surface area contributed by atoms with E-state index in [0.717, 1.165) is 44.9 Å². The molecule has 0 radical (unpaired) electrons. The maximum atomic E-state index is 13.1. The molecule has 0 aliphatic heterocycles. The minimum absolute atomic E-state index is 0.160. The Hall–Kier alpha value is -1.06. The summed E-state index contributed by atoms with van der Waals surface area (Å²) in [6.07, 6.45) is 8.67. The number of unbranched alkanes of at least 4 members (excludes halogenated alkanes) is 3. The molecule has 0 bridgehead atoms. The number of rotatable bonds is 10. The van der Waals surface area contributed by atoms with E-state index < -0.39 is 23.0 Å². The number of aliphatic carboxylic acids is 1. The lowest BCUT2D eigenvalue weighted by Crippen LogP contribution is -2.51. The third kappa shape index (κ3) is 4.98. The second-order valence-electron chi connectivity index (χ2n) is 8.41. The predicted molar refractivity (Wildman–Crippen MR) is 100 cm³/mol. The monoisotopic (exact) mass is 354 g/mol. The smallest absolute Gasteiger partial charge is 0.324 e. The van der Waals surface area contributed by atoms with Crippen molar-refractivity contribution in [1.82, 2.24) is 0 Å². The Balaban J connectivity index is 3.01. The second-order valence-corrected chi connectivity index (χ2v) is 8.41. The fourth-order valence-corrected chi connectivity index (χ4v) is 4.29. The molecule has 1 rings (SSSR count). The standard InChI is InChI=1S/C21H38O4/c1-6-7-8-12-15-21(16(2)3,17(4)5)25-19(24)20(18(22)23)13-10-9-11-14-20/h16-17H,6-15H2,1-5H3,(H,22,23). The first-order valence-electron chi connectivity index (χ1n) is 10.2. The average molecular weight is 355 g/mol. The largest absolute Gasteiger partial charge is 0.480 e. The molecule has 146 valence electrons. The summed E-state index contributed by atoms with van der Waals surface area (Å²) >= 11 is 0. The van der Waals surface area contributed by atoms with Crippen LogP contribution in [0, 0.1) is 17.3 Å². The first kappa shape index (κ1) is 22.0. The van der Waals surface area contributed by atoms with Crippen molar-refractivity contribution in [2.24, 2.45) is 17.3 Å². The number of ether oxygens (including phenoxy) is 1. The van der Waals surface area contributed by atoms with E-state index in [1.54, 1.807) is 0 Å². The number of carbonyl (C=O) groups is 2. The van der Waals surface area contributed by atoms with Gasteiger partial charge < -0.3 is 9.84 Å². The summed E-state index contributed by atoms with van der Waals surface area (Å²) in [5.74, 6) is -1.19. The van der Waals surface area contributed by atoms with E-state index in [4.69, 9.17) is 4.74 Å².